The van der Waals surface area contributed by atoms with Crippen LogP contribution in [0.3, 0.4) is 0 Å². The zero-order valence-electron chi connectivity index (χ0n) is 16.0. The van der Waals surface area contributed by atoms with Crippen LogP contribution in [0.4, 0.5) is 0 Å². The Morgan fingerprint density at radius 3 is 2.08 bits per heavy atom. The van der Waals surface area contributed by atoms with Crippen LogP contribution >= 0.6 is 0 Å². The molecular formula is C21H25NO4. The second-order valence-electron chi connectivity index (χ2n) is 6.89. The molecule has 2 aromatic carbocycles. The average molecular weight is 355 g/mol. The van der Waals surface area contributed by atoms with Gasteiger partial charge in [0.1, 0.15) is 0 Å². The Balaban J connectivity index is 1.87. The number of nitrogens with zero attached hydrogens (tertiary/aromatic N) is 1. The minimum absolute atomic E-state index is 0.249. The molecule has 2 heterocycles. The quantitative estimate of drug-likeness (QED) is 0.839. The largest absolute Gasteiger partial charge is 0.493 e. The standard InChI is InChI=1S/C21H25NO4/c1-22-15-8-12-6-7-17(23-2)21(26-5)20(12)16(22)9-13-10-18(24-3)19(25-4)11-14(13)15/h6-7,10-11,15-16H,8-9H2,1-5H3/t15-,16-/m0/s1. The maximum absolute atomic E-state index is 5.75. The first-order chi connectivity index (χ1) is 12.6. The molecule has 0 unspecified atom stereocenters. The number of hydrogen-bond acceptors (Lipinski definition) is 5. The lowest BCUT2D eigenvalue weighted by molar-refractivity contribution is 0.133. The van der Waals surface area contributed by atoms with Crippen molar-refractivity contribution >= 4 is 0 Å². The zero-order valence-corrected chi connectivity index (χ0v) is 16.0. The summed E-state index contributed by atoms with van der Waals surface area (Å²) in [6, 6.07) is 9.01. The minimum Gasteiger partial charge on any atom is -0.493 e. The van der Waals surface area contributed by atoms with E-state index in [-0.39, 0.29) is 6.04 Å². The van der Waals surface area contributed by atoms with E-state index in [9.17, 15) is 0 Å². The van der Waals surface area contributed by atoms with Gasteiger partial charge in [-0.1, -0.05) is 6.07 Å². The first kappa shape index (κ1) is 17.0. The molecule has 2 bridgehead atoms. The Morgan fingerprint density at radius 2 is 1.42 bits per heavy atom. The van der Waals surface area contributed by atoms with Gasteiger partial charge in [-0.15, -0.1) is 0 Å². The zero-order chi connectivity index (χ0) is 18.4. The molecule has 0 fully saturated rings. The second kappa shape index (κ2) is 6.40. The molecule has 2 atom stereocenters. The maximum Gasteiger partial charge on any atom is 0.165 e. The molecule has 0 aliphatic carbocycles. The summed E-state index contributed by atoms with van der Waals surface area (Å²) in [5.74, 6) is 3.21. The van der Waals surface area contributed by atoms with Crippen LogP contribution in [0.5, 0.6) is 23.0 Å². The van der Waals surface area contributed by atoms with Crippen LogP contribution in [0, 0.1) is 0 Å². The van der Waals surface area contributed by atoms with E-state index in [1.165, 1.54) is 22.3 Å². The Morgan fingerprint density at radius 1 is 0.769 bits per heavy atom. The van der Waals surface area contributed by atoms with E-state index in [1.54, 1.807) is 28.4 Å². The molecule has 0 N–H and O–H groups in total. The lowest BCUT2D eigenvalue weighted by Gasteiger charge is -2.46. The molecule has 5 nitrogen and oxygen atoms in total. The van der Waals surface area contributed by atoms with Gasteiger partial charge in [0.15, 0.2) is 23.0 Å². The van der Waals surface area contributed by atoms with Crippen LogP contribution in [0.2, 0.25) is 0 Å². The van der Waals surface area contributed by atoms with Gasteiger partial charge < -0.3 is 18.9 Å². The highest BCUT2D eigenvalue weighted by Gasteiger charge is 2.41. The van der Waals surface area contributed by atoms with Crippen LogP contribution < -0.4 is 18.9 Å². The molecule has 0 saturated carbocycles. The molecule has 138 valence electrons. The summed E-state index contributed by atoms with van der Waals surface area (Å²) in [6.45, 7) is 0. The van der Waals surface area contributed by atoms with E-state index in [2.05, 4.69) is 30.1 Å². The third-order valence-electron chi connectivity index (χ3n) is 5.82. The van der Waals surface area contributed by atoms with Crippen molar-refractivity contribution in [1.29, 1.82) is 0 Å². The van der Waals surface area contributed by atoms with Gasteiger partial charge in [-0.05, 0) is 54.8 Å². The molecule has 4 rings (SSSR count). The SMILES string of the molecule is COc1cc2c(cc1OC)[C@@H]1Cc3ccc(OC)c(OC)c3[C@H](C2)N1C. The summed E-state index contributed by atoms with van der Waals surface area (Å²) in [5, 5.41) is 0. The van der Waals surface area contributed by atoms with Crippen molar-refractivity contribution in [1.82, 2.24) is 4.90 Å². The molecule has 0 aromatic heterocycles. The van der Waals surface area contributed by atoms with E-state index in [0.717, 1.165) is 35.8 Å². The third kappa shape index (κ3) is 2.34. The van der Waals surface area contributed by atoms with Crippen molar-refractivity contribution < 1.29 is 18.9 Å². The summed E-state index contributed by atoms with van der Waals surface area (Å²) < 4.78 is 22.3. The van der Waals surface area contributed by atoms with Gasteiger partial charge in [0.25, 0.3) is 0 Å². The predicted molar refractivity (Wildman–Crippen MR) is 99.7 cm³/mol. The molecular weight excluding hydrogens is 330 g/mol. The fourth-order valence-electron chi connectivity index (χ4n) is 4.52. The Labute approximate surface area is 154 Å². The molecule has 0 amide bonds. The van der Waals surface area contributed by atoms with Crippen LogP contribution in [0.25, 0.3) is 0 Å². The van der Waals surface area contributed by atoms with Gasteiger partial charge in [-0.2, -0.15) is 0 Å². The molecule has 2 aliphatic rings. The Kier molecular flexibility index (Phi) is 4.19. The molecule has 0 radical (unpaired) electrons. The van der Waals surface area contributed by atoms with Crippen LogP contribution in [0.15, 0.2) is 24.3 Å². The van der Waals surface area contributed by atoms with Gasteiger partial charge in [0, 0.05) is 17.6 Å². The summed E-state index contributed by atoms with van der Waals surface area (Å²) in [7, 11) is 8.97. The highest BCUT2D eigenvalue weighted by molar-refractivity contribution is 5.58. The van der Waals surface area contributed by atoms with Crippen molar-refractivity contribution in [2.75, 3.05) is 35.5 Å². The number of ether oxygens (including phenoxy) is 4. The number of benzene rings is 2. The van der Waals surface area contributed by atoms with E-state index < -0.39 is 0 Å². The smallest absolute Gasteiger partial charge is 0.165 e. The average Bonchev–Trinajstić information content (AvgIpc) is 2.67. The van der Waals surface area contributed by atoms with E-state index in [0.29, 0.717) is 6.04 Å². The van der Waals surface area contributed by atoms with Crippen molar-refractivity contribution in [2.24, 2.45) is 0 Å². The number of rotatable bonds is 4. The summed E-state index contributed by atoms with van der Waals surface area (Å²) in [4.78, 5) is 2.44. The van der Waals surface area contributed by atoms with Gasteiger partial charge in [-0.25, -0.2) is 0 Å². The first-order valence-corrected chi connectivity index (χ1v) is 8.83. The first-order valence-electron chi connectivity index (χ1n) is 8.83. The summed E-state index contributed by atoms with van der Waals surface area (Å²) in [5.41, 5.74) is 5.20. The Bertz CT molecular complexity index is 846. The predicted octanol–water partition coefficient (Wildman–Crippen LogP) is 3.55. The van der Waals surface area contributed by atoms with Crippen molar-refractivity contribution in [3.05, 3.63) is 46.5 Å². The summed E-state index contributed by atoms with van der Waals surface area (Å²) >= 11 is 0. The molecule has 26 heavy (non-hydrogen) atoms. The number of methoxy groups -OCH3 is 4. The monoisotopic (exact) mass is 355 g/mol. The highest BCUT2D eigenvalue weighted by Crippen LogP contribution is 2.52. The van der Waals surface area contributed by atoms with Crippen LogP contribution in [-0.4, -0.2) is 40.4 Å². The molecule has 2 aliphatic heterocycles. The fourth-order valence-corrected chi connectivity index (χ4v) is 4.52. The van der Waals surface area contributed by atoms with Gasteiger partial charge in [-0.3, -0.25) is 4.90 Å². The molecule has 5 heteroatoms. The fraction of sp³-hybridized carbons (Fsp3) is 0.429. The Hall–Kier alpha value is -2.40. The minimum atomic E-state index is 0.249. The number of likely N-dealkylation sites (N-methyl/N-ethyl adjacent to an activating group) is 1. The topological polar surface area (TPSA) is 40.2 Å². The van der Waals surface area contributed by atoms with Gasteiger partial charge in [0.2, 0.25) is 0 Å². The lowest BCUT2D eigenvalue weighted by atomic mass is 9.76. The van der Waals surface area contributed by atoms with Crippen molar-refractivity contribution in [3.8, 4) is 23.0 Å². The maximum atomic E-state index is 5.75. The van der Waals surface area contributed by atoms with Crippen LogP contribution in [0.1, 0.15) is 34.3 Å². The lowest BCUT2D eigenvalue weighted by Crippen LogP contribution is -2.40. The van der Waals surface area contributed by atoms with Gasteiger partial charge >= 0.3 is 0 Å². The van der Waals surface area contributed by atoms with Crippen molar-refractivity contribution in [3.63, 3.8) is 0 Å². The third-order valence-corrected chi connectivity index (χ3v) is 5.82. The van der Waals surface area contributed by atoms with Crippen LogP contribution in [-0.2, 0) is 12.8 Å². The van der Waals surface area contributed by atoms with E-state index in [1.807, 2.05) is 6.07 Å². The molecule has 2 aromatic rings. The van der Waals surface area contributed by atoms with Gasteiger partial charge in [0.05, 0.1) is 28.4 Å². The van der Waals surface area contributed by atoms with E-state index in [4.69, 9.17) is 18.9 Å². The molecule has 0 spiro atoms. The van der Waals surface area contributed by atoms with E-state index >= 15 is 0 Å². The highest BCUT2D eigenvalue weighted by atomic mass is 16.5. The molecule has 0 saturated heterocycles. The van der Waals surface area contributed by atoms with Crippen molar-refractivity contribution in [2.45, 2.75) is 24.9 Å². The number of hydrogen-bond donors (Lipinski definition) is 0. The normalized spacial score (nSPS) is 20.8. The summed E-state index contributed by atoms with van der Waals surface area (Å²) in [6.07, 6.45) is 1.84. The number of fused-ring (bicyclic) bond motifs is 6. The second-order valence-corrected chi connectivity index (χ2v) is 6.89.